The normalized spacial score (nSPS) is 22.5. The van der Waals surface area contributed by atoms with Crippen molar-refractivity contribution in [2.75, 3.05) is 7.05 Å². The van der Waals surface area contributed by atoms with Gasteiger partial charge in [-0.25, -0.2) is 4.39 Å². The fourth-order valence-electron chi connectivity index (χ4n) is 3.24. The first-order valence-electron chi connectivity index (χ1n) is 7.61. The Bertz CT molecular complexity index is 530. The monoisotopic (exact) mass is 293 g/mol. The van der Waals surface area contributed by atoms with Crippen molar-refractivity contribution in [2.45, 2.75) is 52.1 Å². The maximum Gasteiger partial charge on any atom is 0.163 e. The molecule has 2 rings (SSSR count). The Morgan fingerprint density at radius 2 is 2.14 bits per heavy atom. The van der Waals surface area contributed by atoms with Gasteiger partial charge < -0.3 is 5.11 Å². The third-order valence-corrected chi connectivity index (χ3v) is 4.48. The van der Waals surface area contributed by atoms with Gasteiger partial charge in [-0.15, -0.1) is 0 Å². The maximum atomic E-state index is 13.6. The van der Waals surface area contributed by atoms with E-state index >= 15 is 0 Å². The topological polar surface area (TPSA) is 40.5 Å². The average molecular weight is 293 g/mol. The van der Waals surface area contributed by atoms with Gasteiger partial charge in [0.1, 0.15) is 11.6 Å². The Kier molecular flexibility index (Phi) is 4.99. The predicted octanol–water partition coefficient (Wildman–Crippen LogP) is 3.74. The molecule has 0 radical (unpaired) electrons. The summed E-state index contributed by atoms with van der Waals surface area (Å²) < 4.78 is 13.6. The van der Waals surface area contributed by atoms with Crippen LogP contribution in [0.2, 0.25) is 0 Å². The van der Waals surface area contributed by atoms with E-state index in [0.717, 1.165) is 18.9 Å². The first-order chi connectivity index (χ1) is 9.88. The molecule has 2 unspecified atom stereocenters. The van der Waals surface area contributed by atoms with E-state index in [1.807, 2.05) is 7.05 Å². The summed E-state index contributed by atoms with van der Waals surface area (Å²) in [5.74, 6) is -0.166. The first kappa shape index (κ1) is 16.0. The van der Waals surface area contributed by atoms with Gasteiger partial charge in [-0.1, -0.05) is 19.8 Å². The number of ketones is 1. The molecule has 2 atom stereocenters. The molecule has 0 aliphatic heterocycles. The Hall–Kier alpha value is -1.42. The molecule has 116 valence electrons. The highest BCUT2D eigenvalue weighted by molar-refractivity contribution is 5.97. The number of nitrogens with zero attached hydrogens (tertiary/aromatic N) is 1. The van der Waals surface area contributed by atoms with E-state index in [-0.39, 0.29) is 17.1 Å². The van der Waals surface area contributed by atoms with Gasteiger partial charge >= 0.3 is 0 Å². The van der Waals surface area contributed by atoms with Crippen LogP contribution in [0.5, 0.6) is 5.75 Å². The molecule has 0 aromatic heterocycles. The molecule has 1 aliphatic carbocycles. The Balaban J connectivity index is 2.17. The smallest absolute Gasteiger partial charge is 0.163 e. The SMILES string of the molecule is CC(=O)c1cc(F)cc(CN(C)C2CCCC(C)C2)c1O. The third kappa shape index (κ3) is 3.82. The van der Waals surface area contributed by atoms with E-state index in [0.29, 0.717) is 24.1 Å². The predicted molar refractivity (Wildman–Crippen MR) is 81.0 cm³/mol. The number of benzene rings is 1. The molecule has 1 N–H and O–H groups in total. The number of phenols is 1. The van der Waals surface area contributed by atoms with Gasteiger partial charge in [-0.2, -0.15) is 0 Å². The Morgan fingerprint density at radius 3 is 2.76 bits per heavy atom. The summed E-state index contributed by atoms with van der Waals surface area (Å²) in [5.41, 5.74) is 0.552. The highest BCUT2D eigenvalue weighted by atomic mass is 19.1. The summed E-state index contributed by atoms with van der Waals surface area (Å²) >= 11 is 0. The van der Waals surface area contributed by atoms with Crippen LogP contribution in [-0.2, 0) is 6.54 Å². The van der Waals surface area contributed by atoms with Crippen molar-refractivity contribution in [3.8, 4) is 5.75 Å². The number of rotatable bonds is 4. The van der Waals surface area contributed by atoms with E-state index in [1.54, 1.807) is 0 Å². The first-order valence-corrected chi connectivity index (χ1v) is 7.61. The number of hydrogen-bond donors (Lipinski definition) is 1. The highest BCUT2D eigenvalue weighted by Gasteiger charge is 2.23. The minimum absolute atomic E-state index is 0.0652. The minimum Gasteiger partial charge on any atom is -0.507 e. The Labute approximate surface area is 125 Å². The largest absolute Gasteiger partial charge is 0.507 e. The summed E-state index contributed by atoms with van der Waals surface area (Å²) in [7, 11) is 2.00. The molecule has 0 bridgehead atoms. The zero-order valence-electron chi connectivity index (χ0n) is 13.0. The van der Waals surface area contributed by atoms with Crippen molar-refractivity contribution >= 4 is 5.78 Å². The van der Waals surface area contributed by atoms with Gasteiger partial charge in [0.15, 0.2) is 5.78 Å². The molecule has 0 heterocycles. The van der Waals surface area contributed by atoms with Gasteiger partial charge in [0.25, 0.3) is 0 Å². The Morgan fingerprint density at radius 1 is 1.43 bits per heavy atom. The molecule has 0 saturated heterocycles. The van der Waals surface area contributed by atoms with Crippen molar-refractivity contribution in [3.05, 3.63) is 29.1 Å². The van der Waals surface area contributed by atoms with E-state index in [1.165, 1.54) is 25.8 Å². The summed E-state index contributed by atoms with van der Waals surface area (Å²) in [6.07, 6.45) is 4.75. The molecule has 3 nitrogen and oxygen atoms in total. The van der Waals surface area contributed by atoms with Crippen molar-refractivity contribution < 1.29 is 14.3 Å². The zero-order chi connectivity index (χ0) is 15.6. The molecule has 1 aliphatic rings. The zero-order valence-corrected chi connectivity index (χ0v) is 13.0. The third-order valence-electron chi connectivity index (χ3n) is 4.48. The molecule has 21 heavy (non-hydrogen) atoms. The van der Waals surface area contributed by atoms with E-state index in [4.69, 9.17) is 0 Å². The van der Waals surface area contributed by atoms with Gasteiger partial charge in [0.05, 0.1) is 5.56 Å². The van der Waals surface area contributed by atoms with Crippen LogP contribution < -0.4 is 0 Å². The molecular weight excluding hydrogens is 269 g/mol. The molecule has 1 fully saturated rings. The van der Waals surface area contributed by atoms with Crippen LogP contribution in [0.4, 0.5) is 4.39 Å². The molecule has 1 aromatic carbocycles. The van der Waals surface area contributed by atoms with Crippen LogP contribution in [0.1, 0.15) is 55.5 Å². The molecular formula is C17H24FNO2. The summed E-state index contributed by atoms with van der Waals surface area (Å²) in [4.78, 5) is 13.6. The van der Waals surface area contributed by atoms with Gasteiger partial charge in [0, 0.05) is 18.2 Å². The number of carbonyl (C=O) groups excluding carboxylic acids is 1. The van der Waals surface area contributed by atoms with Crippen molar-refractivity contribution in [2.24, 2.45) is 5.92 Å². The van der Waals surface area contributed by atoms with Crippen LogP contribution in [0.25, 0.3) is 0 Å². The standard InChI is InChI=1S/C17H24FNO2/c1-11-5-4-6-15(7-11)19(3)10-13-8-14(18)9-16(12(2)20)17(13)21/h8-9,11,15,21H,4-7,10H2,1-3H3. The van der Waals surface area contributed by atoms with Crippen molar-refractivity contribution in [1.29, 1.82) is 0 Å². The number of aromatic hydroxyl groups is 1. The van der Waals surface area contributed by atoms with Gasteiger partial charge in [-0.3, -0.25) is 9.69 Å². The lowest BCUT2D eigenvalue weighted by atomic mass is 9.86. The highest BCUT2D eigenvalue weighted by Crippen LogP contribution is 2.30. The van der Waals surface area contributed by atoms with Gasteiger partial charge in [0.2, 0.25) is 0 Å². The number of halogens is 1. The van der Waals surface area contributed by atoms with Crippen LogP contribution in [-0.4, -0.2) is 28.9 Å². The number of Topliss-reactive ketones (excluding diaryl/α,β-unsaturated/α-hetero) is 1. The van der Waals surface area contributed by atoms with Crippen molar-refractivity contribution in [3.63, 3.8) is 0 Å². The van der Waals surface area contributed by atoms with Crippen molar-refractivity contribution in [1.82, 2.24) is 4.90 Å². The summed E-state index contributed by atoms with van der Waals surface area (Å²) in [6.45, 7) is 4.06. The number of carbonyl (C=O) groups is 1. The maximum absolute atomic E-state index is 13.6. The lowest BCUT2D eigenvalue weighted by Gasteiger charge is -2.34. The summed E-state index contributed by atoms with van der Waals surface area (Å²) in [6, 6.07) is 2.88. The lowest BCUT2D eigenvalue weighted by Crippen LogP contribution is -2.35. The number of hydrogen-bond acceptors (Lipinski definition) is 3. The fourth-order valence-corrected chi connectivity index (χ4v) is 3.24. The quantitative estimate of drug-likeness (QED) is 0.860. The van der Waals surface area contributed by atoms with Crippen LogP contribution in [0.3, 0.4) is 0 Å². The van der Waals surface area contributed by atoms with Gasteiger partial charge in [-0.05, 0) is 44.9 Å². The van der Waals surface area contributed by atoms with E-state index in [2.05, 4.69) is 11.8 Å². The minimum atomic E-state index is -0.474. The number of phenolic OH excluding ortho intramolecular Hbond substituents is 1. The molecule has 1 saturated carbocycles. The fraction of sp³-hybridized carbons (Fsp3) is 0.588. The van der Waals surface area contributed by atoms with Crippen LogP contribution >= 0.6 is 0 Å². The van der Waals surface area contributed by atoms with E-state index in [9.17, 15) is 14.3 Å². The van der Waals surface area contributed by atoms with Crippen LogP contribution in [0, 0.1) is 11.7 Å². The average Bonchev–Trinajstić information content (AvgIpc) is 2.42. The van der Waals surface area contributed by atoms with Crippen LogP contribution in [0.15, 0.2) is 12.1 Å². The molecule has 4 heteroatoms. The molecule has 0 spiro atoms. The van der Waals surface area contributed by atoms with E-state index < -0.39 is 5.82 Å². The second-order valence-corrected chi connectivity index (χ2v) is 6.36. The summed E-state index contributed by atoms with van der Waals surface area (Å²) in [5, 5.41) is 10.2. The molecule has 0 amide bonds. The molecule has 1 aromatic rings. The second kappa shape index (κ2) is 6.56. The second-order valence-electron chi connectivity index (χ2n) is 6.36. The lowest BCUT2D eigenvalue weighted by molar-refractivity contribution is 0.101.